The summed E-state index contributed by atoms with van der Waals surface area (Å²) in [4.78, 5) is 4.42. The van der Waals surface area contributed by atoms with Crippen molar-refractivity contribution >= 4 is 17.1 Å². The molecular weight excluding hydrogens is 200 g/mol. The molecule has 1 heterocycles. The van der Waals surface area contributed by atoms with Crippen molar-refractivity contribution in [3.63, 3.8) is 0 Å². The molecule has 1 aromatic heterocycles. The third-order valence-corrected chi connectivity index (χ3v) is 3.26. The molecule has 1 N–H and O–H groups in total. The monoisotopic (exact) mass is 218 g/mol. The van der Waals surface area contributed by atoms with Crippen LogP contribution in [0.25, 0.3) is 11.1 Å². The second-order valence-corrected chi connectivity index (χ2v) is 4.38. The molecule has 2 rings (SSSR count). The molecule has 0 atom stereocenters. The third kappa shape index (κ3) is 2.03. The Balaban J connectivity index is 2.27. The lowest BCUT2D eigenvalue weighted by atomic mass is 9.96. The number of para-hydroxylation sites is 2. The van der Waals surface area contributed by atoms with Crippen molar-refractivity contribution in [3.05, 3.63) is 24.3 Å². The smallest absolute Gasteiger partial charge is 0.296 e. The van der Waals surface area contributed by atoms with Crippen molar-refractivity contribution in [3.8, 4) is 0 Å². The van der Waals surface area contributed by atoms with Crippen molar-refractivity contribution in [1.29, 1.82) is 0 Å². The van der Waals surface area contributed by atoms with Crippen LogP contribution in [0.2, 0.25) is 0 Å². The standard InChI is InChI=1S/C13H18N2O/c1-4-13(3,5-2)15-12-14-10-8-6-7-9-11(10)16-12/h6-9H,4-5H2,1-3H3,(H,14,15). The van der Waals surface area contributed by atoms with Gasteiger partial charge in [-0.15, -0.1) is 0 Å². The minimum Gasteiger partial charge on any atom is -0.424 e. The first-order valence-corrected chi connectivity index (χ1v) is 5.80. The normalized spacial score (nSPS) is 11.9. The summed E-state index contributed by atoms with van der Waals surface area (Å²) in [5.74, 6) is 0. The van der Waals surface area contributed by atoms with Crippen LogP contribution < -0.4 is 5.32 Å². The van der Waals surface area contributed by atoms with Gasteiger partial charge in [-0.05, 0) is 31.9 Å². The van der Waals surface area contributed by atoms with Crippen LogP contribution in [0.1, 0.15) is 33.6 Å². The van der Waals surface area contributed by atoms with E-state index in [1.54, 1.807) is 0 Å². The van der Waals surface area contributed by atoms with Gasteiger partial charge in [0.2, 0.25) is 0 Å². The van der Waals surface area contributed by atoms with E-state index in [1.165, 1.54) is 0 Å². The molecule has 86 valence electrons. The summed E-state index contributed by atoms with van der Waals surface area (Å²) >= 11 is 0. The first-order chi connectivity index (χ1) is 7.67. The number of nitrogens with zero attached hydrogens (tertiary/aromatic N) is 1. The number of oxazole rings is 1. The number of rotatable bonds is 4. The van der Waals surface area contributed by atoms with Crippen LogP contribution in [0.3, 0.4) is 0 Å². The number of hydrogen-bond acceptors (Lipinski definition) is 3. The van der Waals surface area contributed by atoms with Crippen LogP contribution >= 0.6 is 0 Å². The van der Waals surface area contributed by atoms with Gasteiger partial charge in [0, 0.05) is 5.54 Å². The largest absolute Gasteiger partial charge is 0.424 e. The van der Waals surface area contributed by atoms with Crippen molar-refractivity contribution < 1.29 is 4.42 Å². The Labute approximate surface area is 95.9 Å². The van der Waals surface area contributed by atoms with E-state index in [0.717, 1.165) is 23.9 Å². The van der Waals surface area contributed by atoms with Crippen LogP contribution in [0.4, 0.5) is 6.01 Å². The van der Waals surface area contributed by atoms with Crippen LogP contribution in [0.15, 0.2) is 28.7 Å². The number of fused-ring (bicyclic) bond motifs is 1. The minimum absolute atomic E-state index is 0.0564. The van der Waals surface area contributed by atoms with Gasteiger partial charge in [-0.3, -0.25) is 0 Å². The van der Waals surface area contributed by atoms with Crippen molar-refractivity contribution in [1.82, 2.24) is 4.98 Å². The summed E-state index contributed by atoms with van der Waals surface area (Å²) in [6.45, 7) is 6.51. The fourth-order valence-corrected chi connectivity index (χ4v) is 1.61. The fourth-order valence-electron chi connectivity index (χ4n) is 1.61. The lowest BCUT2D eigenvalue weighted by Gasteiger charge is -2.26. The summed E-state index contributed by atoms with van der Waals surface area (Å²) in [7, 11) is 0. The third-order valence-electron chi connectivity index (χ3n) is 3.26. The van der Waals surface area contributed by atoms with Crippen LogP contribution in [0.5, 0.6) is 0 Å². The predicted molar refractivity (Wildman–Crippen MR) is 66.6 cm³/mol. The Hall–Kier alpha value is -1.51. The zero-order valence-corrected chi connectivity index (χ0v) is 10.1. The van der Waals surface area contributed by atoms with Gasteiger partial charge in [-0.25, -0.2) is 0 Å². The Morgan fingerprint density at radius 3 is 2.56 bits per heavy atom. The van der Waals surface area contributed by atoms with Crippen LogP contribution in [-0.4, -0.2) is 10.5 Å². The highest BCUT2D eigenvalue weighted by atomic mass is 16.4. The Kier molecular flexibility index (Phi) is 2.86. The van der Waals surface area contributed by atoms with Crippen molar-refractivity contribution in [2.75, 3.05) is 5.32 Å². The first-order valence-electron chi connectivity index (χ1n) is 5.80. The molecule has 0 amide bonds. The molecule has 16 heavy (non-hydrogen) atoms. The summed E-state index contributed by atoms with van der Waals surface area (Å²) in [5.41, 5.74) is 1.79. The molecule has 0 aliphatic heterocycles. The molecule has 0 bridgehead atoms. The molecule has 0 radical (unpaired) electrons. The maximum atomic E-state index is 5.65. The average molecular weight is 218 g/mol. The fraction of sp³-hybridized carbons (Fsp3) is 0.462. The highest BCUT2D eigenvalue weighted by molar-refractivity contribution is 5.74. The van der Waals surface area contributed by atoms with E-state index >= 15 is 0 Å². The lowest BCUT2D eigenvalue weighted by molar-refractivity contribution is 0.455. The maximum Gasteiger partial charge on any atom is 0.296 e. The van der Waals surface area contributed by atoms with E-state index in [4.69, 9.17) is 4.42 Å². The van der Waals surface area contributed by atoms with E-state index in [1.807, 2.05) is 24.3 Å². The van der Waals surface area contributed by atoms with Gasteiger partial charge in [-0.1, -0.05) is 26.0 Å². The van der Waals surface area contributed by atoms with Gasteiger partial charge in [0.15, 0.2) is 5.58 Å². The summed E-state index contributed by atoms with van der Waals surface area (Å²) in [6.07, 6.45) is 2.09. The average Bonchev–Trinajstić information content (AvgIpc) is 2.70. The molecule has 2 aromatic rings. The molecular formula is C13H18N2O. The highest BCUT2D eigenvalue weighted by Crippen LogP contribution is 2.24. The zero-order valence-electron chi connectivity index (χ0n) is 10.1. The van der Waals surface area contributed by atoms with Gasteiger partial charge >= 0.3 is 0 Å². The van der Waals surface area contributed by atoms with Crippen LogP contribution in [-0.2, 0) is 0 Å². The molecule has 1 aromatic carbocycles. The molecule has 0 saturated heterocycles. The number of hydrogen-bond donors (Lipinski definition) is 1. The molecule has 0 aliphatic rings. The number of nitrogens with one attached hydrogen (secondary N) is 1. The quantitative estimate of drug-likeness (QED) is 0.847. The molecule has 0 spiro atoms. The first kappa shape index (κ1) is 11.0. The molecule has 3 nitrogen and oxygen atoms in total. The van der Waals surface area contributed by atoms with Gasteiger partial charge in [0.25, 0.3) is 6.01 Å². The Morgan fingerprint density at radius 2 is 1.94 bits per heavy atom. The zero-order chi connectivity index (χ0) is 11.6. The van der Waals surface area contributed by atoms with E-state index < -0.39 is 0 Å². The van der Waals surface area contributed by atoms with Crippen molar-refractivity contribution in [2.24, 2.45) is 0 Å². The number of aromatic nitrogens is 1. The maximum absolute atomic E-state index is 5.65. The minimum atomic E-state index is 0.0564. The molecule has 0 aliphatic carbocycles. The second-order valence-electron chi connectivity index (χ2n) is 4.38. The predicted octanol–water partition coefficient (Wildman–Crippen LogP) is 3.82. The number of benzene rings is 1. The molecule has 0 unspecified atom stereocenters. The SMILES string of the molecule is CCC(C)(CC)Nc1nc2ccccc2o1. The summed E-state index contributed by atoms with van der Waals surface area (Å²) in [5, 5.41) is 3.37. The molecule has 0 fully saturated rings. The summed E-state index contributed by atoms with van der Waals surface area (Å²) in [6, 6.07) is 8.43. The van der Waals surface area contributed by atoms with Gasteiger partial charge in [0.1, 0.15) is 5.52 Å². The topological polar surface area (TPSA) is 38.1 Å². The second kappa shape index (κ2) is 4.16. The van der Waals surface area contributed by atoms with E-state index in [9.17, 15) is 0 Å². The lowest BCUT2D eigenvalue weighted by Crippen LogP contribution is -2.33. The van der Waals surface area contributed by atoms with E-state index in [-0.39, 0.29) is 5.54 Å². The van der Waals surface area contributed by atoms with Crippen LogP contribution in [0, 0.1) is 0 Å². The van der Waals surface area contributed by atoms with E-state index in [0.29, 0.717) is 6.01 Å². The van der Waals surface area contributed by atoms with Gasteiger partial charge in [0.05, 0.1) is 0 Å². The Bertz CT molecular complexity index is 438. The van der Waals surface area contributed by atoms with E-state index in [2.05, 4.69) is 31.1 Å². The van der Waals surface area contributed by atoms with Gasteiger partial charge < -0.3 is 9.73 Å². The molecule has 0 saturated carbocycles. The van der Waals surface area contributed by atoms with Gasteiger partial charge in [-0.2, -0.15) is 4.98 Å². The molecule has 3 heteroatoms. The highest BCUT2D eigenvalue weighted by Gasteiger charge is 2.21. The summed E-state index contributed by atoms with van der Waals surface area (Å²) < 4.78 is 5.65. The number of anilines is 1. The Morgan fingerprint density at radius 1 is 1.25 bits per heavy atom. The van der Waals surface area contributed by atoms with Crippen molar-refractivity contribution in [2.45, 2.75) is 39.2 Å².